The molecule has 23 heavy (non-hydrogen) atoms. The molecule has 1 aromatic carbocycles. The smallest absolute Gasteiger partial charge is 0.0769 e. The monoisotopic (exact) mass is 327 g/mol. The Labute approximate surface area is 143 Å². The normalized spacial score (nSPS) is 33.8. The standard InChI is InChI=1S/C20H25NOS/c1-19(2)16-12-13-20(19,3)18(22-4)17(16)23-21-14-8-11-15-9-6-5-7-10-15/h5-7,9-11,16-18H,12-13H2,1-4H3/t16-,17-,18-,20+/m1/s1. The van der Waals surface area contributed by atoms with Crippen molar-refractivity contribution in [3.8, 4) is 0 Å². The van der Waals surface area contributed by atoms with Crippen LogP contribution in [0, 0.1) is 16.7 Å². The molecule has 1 aromatic rings. The Morgan fingerprint density at radius 3 is 2.70 bits per heavy atom. The van der Waals surface area contributed by atoms with E-state index in [1.807, 2.05) is 43.5 Å². The SMILES string of the molecule is CO[C@@H]1[C@H](SN=C=C=Cc2ccccc2)[C@H]2CC[C@]1(C)C2(C)C. The second-order valence-electron chi connectivity index (χ2n) is 7.41. The van der Waals surface area contributed by atoms with Crippen molar-refractivity contribution >= 4 is 23.9 Å². The Kier molecular flexibility index (Phi) is 4.58. The fourth-order valence-corrected chi connectivity index (χ4v) is 5.89. The molecule has 2 fully saturated rings. The summed E-state index contributed by atoms with van der Waals surface area (Å²) in [6.45, 7) is 7.18. The van der Waals surface area contributed by atoms with E-state index in [1.54, 1.807) is 11.9 Å². The van der Waals surface area contributed by atoms with E-state index in [-0.39, 0.29) is 11.5 Å². The third-order valence-corrected chi connectivity index (χ3v) is 7.29. The second-order valence-corrected chi connectivity index (χ2v) is 8.35. The maximum atomic E-state index is 5.89. The summed E-state index contributed by atoms with van der Waals surface area (Å²) in [5, 5.41) is 0.416. The lowest BCUT2D eigenvalue weighted by molar-refractivity contribution is -0.0176. The Morgan fingerprint density at radius 2 is 2.00 bits per heavy atom. The molecule has 2 aliphatic carbocycles. The van der Waals surface area contributed by atoms with E-state index in [2.05, 4.69) is 36.8 Å². The highest BCUT2D eigenvalue weighted by Gasteiger charge is 2.66. The quantitative estimate of drug-likeness (QED) is 0.440. The molecular formula is C20H25NOS. The van der Waals surface area contributed by atoms with E-state index < -0.39 is 0 Å². The molecule has 122 valence electrons. The molecular weight excluding hydrogens is 302 g/mol. The van der Waals surface area contributed by atoms with Gasteiger partial charge >= 0.3 is 0 Å². The van der Waals surface area contributed by atoms with E-state index in [4.69, 9.17) is 4.74 Å². The lowest BCUT2D eigenvalue weighted by Crippen LogP contribution is -2.39. The van der Waals surface area contributed by atoms with Gasteiger partial charge in [-0.3, -0.25) is 0 Å². The topological polar surface area (TPSA) is 21.6 Å². The van der Waals surface area contributed by atoms with Crippen molar-refractivity contribution in [3.63, 3.8) is 0 Å². The van der Waals surface area contributed by atoms with Crippen LogP contribution in [0.4, 0.5) is 0 Å². The number of hydrogen-bond donors (Lipinski definition) is 0. The predicted octanol–water partition coefficient (Wildman–Crippen LogP) is 5.01. The minimum absolute atomic E-state index is 0.253. The van der Waals surface area contributed by atoms with Gasteiger partial charge in [-0.05, 0) is 53.5 Å². The van der Waals surface area contributed by atoms with Crippen LogP contribution in [0.3, 0.4) is 0 Å². The molecule has 0 unspecified atom stereocenters. The van der Waals surface area contributed by atoms with E-state index in [9.17, 15) is 0 Å². The van der Waals surface area contributed by atoms with Gasteiger partial charge in [0.2, 0.25) is 0 Å². The van der Waals surface area contributed by atoms with Crippen molar-refractivity contribution in [2.45, 2.75) is 45.0 Å². The summed E-state index contributed by atoms with van der Waals surface area (Å²) < 4.78 is 10.3. The van der Waals surface area contributed by atoms with Crippen molar-refractivity contribution in [1.82, 2.24) is 0 Å². The second kappa shape index (κ2) is 6.34. The highest BCUT2D eigenvalue weighted by Crippen LogP contribution is 2.68. The molecule has 0 amide bonds. The molecule has 0 aliphatic heterocycles. The maximum absolute atomic E-state index is 5.89. The average Bonchev–Trinajstić information content (AvgIpc) is 2.86. The molecule has 2 nitrogen and oxygen atoms in total. The zero-order valence-electron chi connectivity index (χ0n) is 14.4. The van der Waals surface area contributed by atoms with Gasteiger partial charge in [0.05, 0.1) is 11.4 Å². The Bertz CT molecular complexity index is 655. The number of methoxy groups -OCH3 is 1. The van der Waals surface area contributed by atoms with E-state index in [1.165, 1.54) is 12.8 Å². The highest BCUT2D eigenvalue weighted by molar-refractivity contribution is 7.98. The molecule has 2 saturated carbocycles. The molecule has 2 bridgehead atoms. The number of nitrogens with zero attached hydrogens (tertiary/aromatic N) is 1. The number of ether oxygens (including phenoxy) is 1. The third-order valence-electron chi connectivity index (χ3n) is 6.27. The molecule has 0 saturated heterocycles. The fraction of sp³-hybridized carbons (Fsp3) is 0.550. The van der Waals surface area contributed by atoms with Gasteiger partial charge < -0.3 is 4.74 Å². The lowest BCUT2D eigenvalue weighted by Gasteiger charge is -2.38. The minimum Gasteiger partial charge on any atom is -0.380 e. The number of hydrogen-bond acceptors (Lipinski definition) is 3. The molecule has 0 spiro atoms. The first-order valence-corrected chi connectivity index (χ1v) is 9.12. The summed E-state index contributed by atoms with van der Waals surface area (Å²) in [6.07, 6.45) is 4.71. The van der Waals surface area contributed by atoms with Crippen LogP contribution in [0.2, 0.25) is 0 Å². The van der Waals surface area contributed by atoms with Gasteiger partial charge in [-0.1, -0.05) is 51.1 Å². The largest absolute Gasteiger partial charge is 0.380 e. The summed E-state index contributed by atoms with van der Waals surface area (Å²) in [6, 6.07) is 10.1. The van der Waals surface area contributed by atoms with Crippen LogP contribution in [0.1, 0.15) is 39.2 Å². The first-order valence-electron chi connectivity index (χ1n) is 8.28. The molecule has 0 N–H and O–H groups in total. The lowest BCUT2D eigenvalue weighted by atomic mass is 9.70. The molecule has 4 atom stereocenters. The highest BCUT2D eigenvalue weighted by atomic mass is 32.2. The molecule has 0 heterocycles. The van der Waals surface area contributed by atoms with Crippen molar-refractivity contribution in [2.24, 2.45) is 21.1 Å². The molecule has 0 radical (unpaired) electrons. The summed E-state index contributed by atoms with van der Waals surface area (Å²) in [5.41, 5.74) is 4.71. The van der Waals surface area contributed by atoms with Gasteiger partial charge in [0, 0.05) is 18.4 Å². The molecule has 3 heteroatoms. The van der Waals surface area contributed by atoms with Crippen LogP contribution in [0.25, 0.3) is 6.08 Å². The van der Waals surface area contributed by atoms with Crippen molar-refractivity contribution in [3.05, 3.63) is 41.6 Å². The number of rotatable bonds is 4. The Balaban J connectivity index is 1.73. The van der Waals surface area contributed by atoms with E-state index >= 15 is 0 Å². The predicted molar refractivity (Wildman–Crippen MR) is 98.6 cm³/mol. The molecule has 3 rings (SSSR count). The van der Waals surface area contributed by atoms with E-state index in [0.717, 1.165) is 5.56 Å². The van der Waals surface area contributed by atoms with Gasteiger partial charge in [-0.2, -0.15) is 4.40 Å². The van der Waals surface area contributed by atoms with Crippen LogP contribution < -0.4 is 0 Å². The Morgan fingerprint density at radius 1 is 1.26 bits per heavy atom. The van der Waals surface area contributed by atoms with Gasteiger partial charge in [0.25, 0.3) is 0 Å². The summed E-state index contributed by atoms with van der Waals surface area (Å²) in [7, 11) is 1.84. The van der Waals surface area contributed by atoms with Crippen LogP contribution in [-0.2, 0) is 4.74 Å². The van der Waals surface area contributed by atoms with E-state index in [0.29, 0.717) is 16.6 Å². The first kappa shape index (κ1) is 16.6. The fourth-order valence-electron chi connectivity index (χ4n) is 4.52. The summed E-state index contributed by atoms with van der Waals surface area (Å²) in [5.74, 6) is 3.59. The van der Waals surface area contributed by atoms with Crippen LogP contribution in [0.5, 0.6) is 0 Å². The van der Waals surface area contributed by atoms with Crippen LogP contribution in [-0.4, -0.2) is 24.3 Å². The van der Waals surface area contributed by atoms with Gasteiger partial charge in [0.15, 0.2) is 0 Å². The zero-order valence-corrected chi connectivity index (χ0v) is 15.2. The average molecular weight is 327 g/mol. The third kappa shape index (κ3) is 2.73. The maximum Gasteiger partial charge on any atom is 0.0769 e. The first-order chi connectivity index (χ1) is 11.0. The van der Waals surface area contributed by atoms with Crippen LogP contribution >= 0.6 is 11.9 Å². The summed E-state index contributed by atoms with van der Waals surface area (Å²) >= 11 is 1.62. The van der Waals surface area contributed by atoms with Crippen molar-refractivity contribution in [2.75, 3.05) is 7.11 Å². The number of benzene rings is 1. The number of fused-ring (bicyclic) bond motifs is 2. The molecule has 2 aliphatic rings. The molecule has 0 aromatic heterocycles. The minimum atomic E-state index is 0.253. The van der Waals surface area contributed by atoms with Crippen molar-refractivity contribution in [1.29, 1.82) is 0 Å². The van der Waals surface area contributed by atoms with Gasteiger partial charge in [-0.15, -0.1) is 0 Å². The van der Waals surface area contributed by atoms with Crippen LogP contribution in [0.15, 0.2) is 40.5 Å². The van der Waals surface area contributed by atoms with Gasteiger partial charge in [-0.25, -0.2) is 0 Å². The Hall–Kier alpha value is -1.24. The summed E-state index contributed by atoms with van der Waals surface area (Å²) in [4.78, 5) is 0. The van der Waals surface area contributed by atoms with Crippen molar-refractivity contribution < 1.29 is 4.74 Å². The van der Waals surface area contributed by atoms with Gasteiger partial charge in [0.1, 0.15) is 0 Å². The zero-order chi connectivity index (χ0) is 16.5.